The first-order chi connectivity index (χ1) is 7.38. The van der Waals surface area contributed by atoms with E-state index in [-0.39, 0.29) is 0 Å². The molecule has 2 rings (SSSR count). The van der Waals surface area contributed by atoms with Gasteiger partial charge in [-0.1, -0.05) is 0 Å². The lowest BCUT2D eigenvalue weighted by Gasteiger charge is -1.98. The van der Waals surface area contributed by atoms with Crippen molar-refractivity contribution in [2.24, 2.45) is 0 Å². The van der Waals surface area contributed by atoms with Crippen LogP contribution < -0.4 is 0 Å². The fraction of sp³-hybridized carbons (Fsp3) is 0. The predicted octanol–water partition coefficient (Wildman–Crippen LogP) is 1.84. The summed E-state index contributed by atoms with van der Waals surface area (Å²) in [5, 5.41) is 1.57. The molecule has 4 nitrogen and oxygen atoms in total. The molecule has 0 unspecified atom stereocenters. The van der Waals surface area contributed by atoms with Crippen molar-refractivity contribution in [1.29, 1.82) is 0 Å². The fourth-order valence-electron chi connectivity index (χ4n) is 0.967. The molecule has 0 spiro atoms. The van der Waals surface area contributed by atoms with E-state index in [1.54, 1.807) is 30.7 Å². The van der Waals surface area contributed by atoms with Gasteiger partial charge in [0.1, 0.15) is 10.1 Å². The first kappa shape index (κ1) is 9.79. The van der Waals surface area contributed by atoms with Gasteiger partial charge in [0, 0.05) is 24.2 Å². The van der Waals surface area contributed by atoms with Gasteiger partial charge in [-0.15, -0.1) is 0 Å². The van der Waals surface area contributed by atoms with Crippen LogP contribution in [0.4, 0.5) is 0 Å². The number of rotatable bonds is 3. The minimum atomic E-state index is 0.568. The molecular weight excluding hydrogens is 210 g/mol. The lowest BCUT2D eigenvalue weighted by molar-refractivity contribution is 0.112. The van der Waals surface area contributed by atoms with Crippen LogP contribution in [0.3, 0.4) is 0 Å². The summed E-state index contributed by atoms with van der Waals surface area (Å²) in [5.41, 5.74) is 0.568. The van der Waals surface area contributed by atoms with E-state index in [1.165, 1.54) is 18.0 Å². The maximum Gasteiger partial charge on any atom is 0.151 e. The highest BCUT2D eigenvalue weighted by Crippen LogP contribution is 2.22. The van der Waals surface area contributed by atoms with Gasteiger partial charge in [-0.3, -0.25) is 9.78 Å². The highest BCUT2D eigenvalue weighted by atomic mass is 32.2. The summed E-state index contributed by atoms with van der Waals surface area (Å²) in [6.07, 6.45) is 7.21. The first-order valence-electron chi connectivity index (χ1n) is 4.23. The molecule has 2 aromatic heterocycles. The number of aldehydes is 1. The second kappa shape index (κ2) is 4.65. The Morgan fingerprint density at radius 2 is 2.00 bits per heavy atom. The maximum absolute atomic E-state index is 10.4. The Balaban J connectivity index is 2.15. The summed E-state index contributed by atoms with van der Waals surface area (Å²) < 4.78 is 0. The molecule has 0 aliphatic rings. The van der Waals surface area contributed by atoms with Gasteiger partial charge >= 0.3 is 0 Å². The van der Waals surface area contributed by atoms with E-state index in [0.717, 1.165) is 16.3 Å². The van der Waals surface area contributed by atoms with Crippen LogP contribution in [0.5, 0.6) is 0 Å². The Morgan fingerprint density at radius 3 is 2.60 bits per heavy atom. The molecule has 0 aliphatic heterocycles. The molecule has 0 radical (unpaired) electrons. The molecule has 0 amide bonds. The molecule has 0 saturated carbocycles. The summed E-state index contributed by atoms with van der Waals surface area (Å²) in [5.74, 6) is 0. The molecule has 15 heavy (non-hydrogen) atoms. The van der Waals surface area contributed by atoms with E-state index in [1.807, 2.05) is 0 Å². The Kier molecular flexibility index (Phi) is 3.04. The summed E-state index contributed by atoms with van der Waals surface area (Å²) in [6, 6.07) is 3.50. The van der Waals surface area contributed by atoms with Crippen LogP contribution in [-0.2, 0) is 0 Å². The number of hydrogen-bond donors (Lipinski definition) is 0. The highest BCUT2D eigenvalue weighted by molar-refractivity contribution is 7.99. The molecule has 2 aromatic rings. The summed E-state index contributed by atoms with van der Waals surface area (Å²) in [7, 11) is 0. The summed E-state index contributed by atoms with van der Waals surface area (Å²) in [4.78, 5) is 22.6. The van der Waals surface area contributed by atoms with Crippen LogP contribution in [0.2, 0.25) is 0 Å². The molecule has 2 heterocycles. The van der Waals surface area contributed by atoms with Crippen molar-refractivity contribution >= 4 is 18.0 Å². The van der Waals surface area contributed by atoms with Crippen molar-refractivity contribution in [2.75, 3.05) is 0 Å². The Labute approximate surface area is 90.8 Å². The Morgan fingerprint density at radius 1 is 1.07 bits per heavy atom. The molecule has 0 saturated heterocycles. The molecule has 0 atom stereocenters. The smallest absolute Gasteiger partial charge is 0.151 e. The molecule has 0 aromatic carbocycles. The minimum Gasteiger partial charge on any atom is -0.298 e. The second-order valence-corrected chi connectivity index (χ2v) is 3.73. The zero-order valence-corrected chi connectivity index (χ0v) is 8.52. The quantitative estimate of drug-likeness (QED) is 0.734. The van der Waals surface area contributed by atoms with Gasteiger partial charge < -0.3 is 0 Å². The number of pyridine rings is 1. The minimum absolute atomic E-state index is 0.568. The van der Waals surface area contributed by atoms with Crippen molar-refractivity contribution in [3.63, 3.8) is 0 Å². The molecular formula is C10H7N3OS. The largest absolute Gasteiger partial charge is 0.298 e. The number of nitrogens with zero attached hydrogens (tertiary/aromatic N) is 3. The second-order valence-electron chi connectivity index (χ2n) is 2.69. The molecule has 5 heteroatoms. The van der Waals surface area contributed by atoms with Crippen LogP contribution in [-0.4, -0.2) is 21.2 Å². The van der Waals surface area contributed by atoms with Crippen LogP contribution >= 0.6 is 11.8 Å². The van der Waals surface area contributed by atoms with Crippen molar-refractivity contribution in [3.05, 3.63) is 42.5 Å². The molecule has 74 valence electrons. The predicted molar refractivity (Wildman–Crippen MR) is 55.8 cm³/mol. The highest BCUT2D eigenvalue weighted by Gasteiger charge is 1.99. The van der Waals surface area contributed by atoms with E-state index in [0.29, 0.717) is 5.56 Å². The third kappa shape index (κ3) is 2.60. The summed E-state index contributed by atoms with van der Waals surface area (Å²) >= 11 is 1.41. The third-order valence-electron chi connectivity index (χ3n) is 1.64. The Hall–Kier alpha value is -1.75. The van der Waals surface area contributed by atoms with Crippen LogP contribution in [0.15, 0.2) is 47.0 Å². The Bertz CT molecular complexity index is 444. The fourth-order valence-corrected chi connectivity index (χ4v) is 1.65. The third-order valence-corrected chi connectivity index (χ3v) is 2.51. The van der Waals surface area contributed by atoms with Gasteiger partial charge in [0.2, 0.25) is 0 Å². The van der Waals surface area contributed by atoms with E-state index in [2.05, 4.69) is 15.0 Å². The van der Waals surface area contributed by atoms with Gasteiger partial charge in [0.15, 0.2) is 6.29 Å². The standard InChI is InChI=1S/C10H7N3OS/c14-7-8-1-2-9(13-5-8)15-10-6-11-3-4-12-10/h1-7H. The van der Waals surface area contributed by atoms with Crippen LogP contribution in [0.1, 0.15) is 10.4 Å². The SMILES string of the molecule is O=Cc1ccc(Sc2cnccn2)nc1. The number of aromatic nitrogens is 3. The van der Waals surface area contributed by atoms with Gasteiger partial charge in [-0.2, -0.15) is 0 Å². The lowest BCUT2D eigenvalue weighted by Crippen LogP contribution is -1.85. The molecule has 0 N–H and O–H groups in total. The normalized spacial score (nSPS) is 9.87. The van der Waals surface area contributed by atoms with Gasteiger partial charge in [-0.05, 0) is 23.9 Å². The lowest BCUT2D eigenvalue weighted by atomic mass is 10.3. The zero-order valence-electron chi connectivity index (χ0n) is 7.70. The maximum atomic E-state index is 10.4. The number of hydrogen-bond acceptors (Lipinski definition) is 5. The zero-order chi connectivity index (χ0) is 10.5. The van der Waals surface area contributed by atoms with Crippen molar-refractivity contribution in [1.82, 2.24) is 15.0 Å². The molecule has 0 fully saturated rings. The van der Waals surface area contributed by atoms with E-state index >= 15 is 0 Å². The summed E-state index contributed by atoms with van der Waals surface area (Å²) in [6.45, 7) is 0. The average Bonchev–Trinajstić information content (AvgIpc) is 2.31. The number of carbonyl (C=O) groups excluding carboxylic acids is 1. The van der Waals surface area contributed by atoms with Crippen molar-refractivity contribution in [3.8, 4) is 0 Å². The monoisotopic (exact) mass is 217 g/mol. The van der Waals surface area contributed by atoms with Crippen molar-refractivity contribution < 1.29 is 4.79 Å². The topological polar surface area (TPSA) is 55.7 Å². The molecule has 0 bridgehead atoms. The number of carbonyl (C=O) groups is 1. The first-order valence-corrected chi connectivity index (χ1v) is 5.05. The van der Waals surface area contributed by atoms with Gasteiger partial charge in [0.05, 0.1) is 6.20 Å². The van der Waals surface area contributed by atoms with Crippen molar-refractivity contribution in [2.45, 2.75) is 10.1 Å². The average molecular weight is 217 g/mol. The van der Waals surface area contributed by atoms with Gasteiger partial charge in [-0.25, -0.2) is 9.97 Å². The van der Waals surface area contributed by atoms with E-state index in [4.69, 9.17) is 0 Å². The van der Waals surface area contributed by atoms with Crippen LogP contribution in [0, 0.1) is 0 Å². The van der Waals surface area contributed by atoms with Gasteiger partial charge in [0.25, 0.3) is 0 Å². The van der Waals surface area contributed by atoms with E-state index in [9.17, 15) is 4.79 Å². The molecule has 0 aliphatic carbocycles. The van der Waals surface area contributed by atoms with E-state index < -0.39 is 0 Å². The van der Waals surface area contributed by atoms with Crippen LogP contribution in [0.25, 0.3) is 0 Å².